The van der Waals surface area contributed by atoms with Crippen LogP contribution in [0.5, 0.6) is 0 Å². The molecule has 1 aromatic rings. The van der Waals surface area contributed by atoms with Gasteiger partial charge in [-0.1, -0.05) is 25.3 Å². The number of carbonyl (C=O) groups is 1. The Morgan fingerprint density at radius 1 is 1.33 bits per heavy atom. The molecular weight excluding hydrogens is 340 g/mol. The van der Waals surface area contributed by atoms with Gasteiger partial charge in [-0.2, -0.15) is 0 Å². The molecule has 2 amide bonds. The minimum absolute atomic E-state index is 0.00739. The van der Waals surface area contributed by atoms with E-state index in [0.717, 1.165) is 24.7 Å². The van der Waals surface area contributed by atoms with Crippen LogP contribution in [0.4, 0.5) is 4.79 Å². The van der Waals surface area contributed by atoms with E-state index in [-0.39, 0.29) is 6.03 Å². The third kappa shape index (κ3) is 6.18. The molecule has 3 rings (SSSR count). The predicted molar refractivity (Wildman–Crippen MR) is 106 cm³/mol. The molecule has 0 radical (unpaired) electrons. The number of ether oxygens (including phenoxy) is 1. The van der Waals surface area contributed by atoms with Crippen LogP contribution in [0.15, 0.2) is 24.5 Å². The van der Waals surface area contributed by atoms with Crippen molar-refractivity contribution in [2.45, 2.75) is 51.1 Å². The van der Waals surface area contributed by atoms with E-state index in [2.05, 4.69) is 15.2 Å². The maximum atomic E-state index is 12.7. The Hall–Kier alpha value is -1.66. The molecule has 1 saturated carbocycles. The van der Waals surface area contributed by atoms with E-state index in [1.165, 1.54) is 45.1 Å². The molecule has 1 aliphatic heterocycles. The summed E-state index contributed by atoms with van der Waals surface area (Å²) in [6, 6.07) is 4.68. The molecule has 2 aliphatic rings. The second-order valence-corrected chi connectivity index (χ2v) is 7.90. The third-order valence-electron chi connectivity index (χ3n) is 5.90. The number of urea groups is 1. The molecule has 0 bridgehead atoms. The molecule has 1 N–H and O–H groups in total. The van der Waals surface area contributed by atoms with E-state index in [4.69, 9.17) is 4.74 Å². The van der Waals surface area contributed by atoms with Crippen LogP contribution in [-0.2, 0) is 11.3 Å². The highest BCUT2D eigenvalue weighted by atomic mass is 16.5. The predicted octanol–water partition coefficient (Wildman–Crippen LogP) is 2.89. The molecule has 0 unspecified atom stereocenters. The number of hydrogen-bond donors (Lipinski definition) is 1. The van der Waals surface area contributed by atoms with Gasteiger partial charge in [0, 0.05) is 51.7 Å². The summed E-state index contributed by atoms with van der Waals surface area (Å²) in [5.41, 5.74) is 1.04. The monoisotopic (exact) mass is 374 g/mol. The van der Waals surface area contributed by atoms with Gasteiger partial charge in [0.25, 0.3) is 0 Å². The molecule has 1 saturated heterocycles. The Kier molecular flexibility index (Phi) is 7.90. The minimum Gasteiger partial charge on any atom is -0.383 e. The number of amides is 2. The molecule has 0 spiro atoms. The van der Waals surface area contributed by atoms with Gasteiger partial charge in [-0.25, -0.2) is 4.79 Å². The van der Waals surface area contributed by atoms with Gasteiger partial charge in [0.15, 0.2) is 0 Å². The van der Waals surface area contributed by atoms with Crippen LogP contribution in [0.25, 0.3) is 0 Å². The van der Waals surface area contributed by atoms with Crippen LogP contribution in [0.2, 0.25) is 0 Å². The fourth-order valence-corrected chi connectivity index (χ4v) is 4.32. The smallest absolute Gasteiger partial charge is 0.317 e. The van der Waals surface area contributed by atoms with Crippen molar-refractivity contribution in [3.05, 3.63) is 30.1 Å². The van der Waals surface area contributed by atoms with Gasteiger partial charge < -0.3 is 19.9 Å². The number of rotatable bonds is 8. The Bertz CT molecular complexity index is 563. The summed E-state index contributed by atoms with van der Waals surface area (Å²) in [5.74, 6) is 0.568. The first-order valence-electron chi connectivity index (χ1n) is 10.4. The SMILES string of the molecule is COCCN(Cc1cccnc1)C(=O)NC[C@H]1CCN(C2CCCCC2)C1. The molecular formula is C21H34N4O2. The van der Waals surface area contributed by atoms with Gasteiger partial charge in [-0.05, 0) is 43.4 Å². The Labute approximate surface area is 163 Å². The lowest BCUT2D eigenvalue weighted by atomic mass is 9.94. The van der Waals surface area contributed by atoms with Crippen LogP contribution in [0.1, 0.15) is 44.1 Å². The summed E-state index contributed by atoms with van der Waals surface area (Å²) in [4.78, 5) is 21.3. The number of carbonyl (C=O) groups excluding carboxylic acids is 1. The van der Waals surface area contributed by atoms with Crippen molar-refractivity contribution in [3.8, 4) is 0 Å². The zero-order chi connectivity index (χ0) is 18.9. The molecule has 150 valence electrons. The van der Waals surface area contributed by atoms with Crippen LogP contribution in [0.3, 0.4) is 0 Å². The molecule has 1 atom stereocenters. The molecule has 27 heavy (non-hydrogen) atoms. The van der Waals surface area contributed by atoms with E-state index in [9.17, 15) is 4.79 Å². The highest BCUT2D eigenvalue weighted by molar-refractivity contribution is 5.74. The number of pyridine rings is 1. The van der Waals surface area contributed by atoms with Crippen LogP contribution in [0, 0.1) is 5.92 Å². The van der Waals surface area contributed by atoms with E-state index in [1.54, 1.807) is 13.3 Å². The molecule has 2 fully saturated rings. The number of aromatic nitrogens is 1. The van der Waals surface area contributed by atoms with Gasteiger partial charge in [-0.3, -0.25) is 4.98 Å². The first-order chi connectivity index (χ1) is 13.3. The maximum absolute atomic E-state index is 12.7. The first kappa shape index (κ1) is 20.1. The summed E-state index contributed by atoms with van der Waals surface area (Å²) in [5, 5.41) is 3.16. The summed E-state index contributed by atoms with van der Waals surface area (Å²) in [6.07, 6.45) is 11.6. The second kappa shape index (κ2) is 10.6. The lowest BCUT2D eigenvalue weighted by Crippen LogP contribution is -2.43. The number of likely N-dealkylation sites (tertiary alicyclic amines) is 1. The van der Waals surface area contributed by atoms with Gasteiger partial charge in [0.05, 0.1) is 6.61 Å². The zero-order valence-corrected chi connectivity index (χ0v) is 16.6. The summed E-state index contributed by atoms with van der Waals surface area (Å²) in [7, 11) is 1.67. The van der Waals surface area contributed by atoms with Crippen LogP contribution < -0.4 is 5.32 Å². The Morgan fingerprint density at radius 2 is 2.19 bits per heavy atom. The fourth-order valence-electron chi connectivity index (χ4n) is 4.32. The van der Waals surface area contributed by atoms with Crippen molar-refractivity contribution in [1.29, 1.82) is 0 Å². The molecule has 6 nitrogen and oxygen atoms in total. The topological polar surface area (TPSA) is 57.7 Å². The van der Waals surface area contributed by atoms with Crippen molar-refractivity contribution in [2.24, 2.45) is 5.92 Å². The number of nitrogens with zero attached hydrogens (tertiary/aromatic N) is 3. The fraction of sp³-hybridized carbons (Fsp3) is 0.714. The largest absolute Gasteiger partial charge is 0.383 e. The van der Waals surface area contributed by atoms with E-state index in [1.807, 2.05) is 23.2 Å². The third-order valence-corrected chi connectivity index (χ3v) is 5.90. The zero-order valence-electron chi connectivity index (χ0n) is 16.6. The maximum Gasteiger partial charge on any atom is 0.317 e. The number of methoxy groups -OCH3 is 1. The summed E-state index contributed by atoms with van der Waals surface area (Å²) < 4.78 is 5.18. The Morgan fingerprint density at radius 3 is 2.93 bits per heavy atom. The van der Waals surface area contributed by atoms with Crippen LogP contribution in [-0.4, -0.2) is 66.8 Å². The highest BCUT2D eigenvalue weighted by Gasteiger charge is 2.29. The number of nitrogens with one attached hydrogen (secondary N) is 1. The Balaban J connectivity index is 1.45. The molecule has 6 heteroatoms. The molecule has 1 aliphatic carbocycles. The average Bonchev–Trinajstić information content (AvgIpc) is 3.20. The highest BCUT2D eigenvalue weighted by Crippen LogP contribution is 2.27. The van der Waals surface area contributed by atoms with Crippen molar-refractivity contribution < 1.29 is 9.53 Å². The minimum atomic E-state index is -0.00739. The van der Waals surface area contributed by atoms with Gasteiger partial charge >= 0.3 is 6.03 Å². The first-order valence-corrected chi connectivity index (χ1v) is 10.4. The number of hydrogen-bond acceptors (Lipinski definition) is 4. The molecule has 1 aromatic heterocycles. The average molecular weight is 375 g/mol. The van der Waals surface area contributed by atoms with Crippen molar-refractivity contribution in [1.82, 2.24) is 20.1 Å². The molecule has 2 heterocycles. The second-order valence-electron chi connectivity index (χ2n) is 7.90. The lowest BCUT2D eigenvalue weighted by molar-refractivity contribution is 0.145. The lowest BCUT2D eigenvalue weighted by Gasteiger charge is -2.31. The van der Waals surface area contributed by atoms with E-state index >= 15 is 0 Å². The molecule has 0 aromatic carbocycles. The van der Waals surface area contributed by atoms with Gasteiger partial charge in [0.1, 0.15) is 0 Å². The van der Waals surface area contributed by atoms with Gasteiger partial charge in [0.2, 0.25) is 0 Å². The van der Waals surface area contributed by atoms with E-state index in [0.29, 0.717) is 25.6 Å². The van der Waals surface area contributed by atoms with Gasteiger partial charge in [-0.15, -0.1) is 0 Å². The van der Waals surface area contributed by atoms with Crippen molar-refractivity contribution in [3.63, 3.8) is 0 Å². The summed E-state index contributed by atoms with van der Waals surface area (Å²) >= 11 is 0. The van der Waals surface area contributed by atoms with Crippen LogP contribution >= 0.6 is 0 Å². The van der Waals surface area contributed by atoms with Crippen molar-refractivity contribution in [2.75, 3.05) is 39.9 Å². The van der Waals surface area contributed by atoms with E-state index < -0.39 is 0 Å². The summed E-state index contributed by atoms with van der Waals surface area (Å²) in [6.45, 7) is 4.75. The standard InChI is InChI=1S/C21H34N4O2/c1-27-13-12-25(17-18-6-5-10-22-14-18)21(26)23-15-19-9-11-24(16-19)20-7-3-2-4-8-20/h5-6,10,14,19-20H,2-4,7-9,11-13,15-17H2,1H3,(H,23,26)/t19-/m1/s1. The van der Waals surface area contributed by atoms with Crippen molar-refractivity contribution >= 4 is 6.03 Å². The quantitative estimate of drug-likeness (QED) is 0.760. The normalized spacial score (nSPS) is 21.3.